The molecule has 0 aliphatic heterocycles. The zero-order valence-corrected chi connectivity index (χ0v) is 13.1. The van der Waals surface area contributed by atoms with Crippen LogP contribution in [0.4, 0.5) is 0 Å². The zero-order chi connectivity index (χ0) is 15.7. The van der Waals surface area contributed by atoms with Crippen molar-refractivity contribution in [2.24, 2.45) is 0 Å². The van der Waals surface area contributed by atoms with Crippen molar-refractivity contribution in [2.75, 3.05) is 7.11 Å². The first kappa shape index (κ1) is 17.8. The molecule has 0 amide bonds. The van der Waals surface area contributed by atoms with Crippen molar-refractivity contribution in [2.45, 2.75) is 64.1 Å². The minimum atomic E-state index is -0.508. The van der Waals surface area contributed by atoms with Gasteiger partial charge in [-0.3, -0.25) is 0 Å². The number of methoxy groups -OCH3 is 1. The number of ether oxygens (including phenoxy) is 1. The molecular formula is C17H28O4. The molecule has 0 aromatic heterocycles. The largest absolute Gasteiger partial charge is 0.504 e. The maximum absolute atomic E-state index is 9.96. The molecule has 1 aromatic rings. The van der Waals surface area contributed by atoms with Crippen LogP contribution in [0.2, 0.25) is 0 Å². The van der Waals surface area contributed by atoms with E-state index in [9.17, 15) is 15.3 Å². The Bertz CT molecular complexity index is 406. The van der Waals surface area contributed by atoms with Gasteiger partial charge in [-0.15, -0.1) is 0 Å². The lowest BCUT2D eigenvalue weighted by Gasteiger charge is -2.15. The summed E-state index contributed by atoms with van der Waals surface area (Å²) in [5.74, 6) is 0.565. The highest BCUT2D eigenvalue weighted by molar-refractivity contribution is 5.41. The predicted molar refractivity (Wildman–Crippen MR) is 83.8 cm³/mol. The molecule has 0 saturated heterocycles. The molecule has 1 aromatic carbocycles. The Morgan fingerprint density at radius 1 is 1.10 bits per heavy atom. The highest BCUT2D eigenvalue weighted by Crippen LogP contribution is 2.27. The van der Waals surface area contributed by atoms with Crippen LogP contribution in [0.1, 0.15) is 51.0 Å². The average Bonchev–Trinajstić information content (AvgIpc) is 2.45. The molecule has 0 spiro atoms. The second-order valence-corrected chi connectivity index (χ2v) is 5.58. The summed E-state index contributed by atoms with van der Waals surface area (Å²) < 4.78 is 4.99. The van der Waals surface area contributed by atoms with Gasteiger partial charge in [0.1, 0.15) is 0 Å². The summed E-state index contributed by atoms with van der Waals surface area (Å²) in [6.07, 6.45) is 4.77. The zero-order valence-electron chi connectivity index (χ0n) is 13.1. The fourth-order valence-corrected chi connectivity index (χ4v) is 2.40. The van der Waals surface area contributed by atoms with Crippen molar-refractivity contribution in [3.8, 4) is 11.5 Å². The quantitative estimate of drug-likeness (QED) is 0.580. The van der Waals surface area contributed by atoms with Crippen LogP contribution in [0.5, 0.6) is 11.5 Å². The topological polar surface area (TPSA) is 69.9 Å². The Morgan fingerprint density at radius 3 is 2.43 bits per heavy atom. The summed E-state index contributed by atoms with van der Waals surface area (Å²) in [6.45, 7) is 2.13. The predicted octanol–water partition coefficient (Wildman–Crippen LogP) is 3.03. The molecule has 4 nitrogen and oxygen atoms in total. The van der Waals surface area contributed by atoms with Crippen LogP contribution >= 0.6 is 0 Å². The maximum Gasteiger partial charge on any atom is 0.160 e. The third-order valence-electron chi connectivity index (χ3n) is 3.69. The third kappa shape index (κ3) is 6.82. The molecule has 4 heteroatoms. The van der Waals surface area contributed by atoms with E-state index in [2.05, 4.69) is 6.92 Å². The highest BCUT2D eigenvalue weighted by Gasteiger charge is 2.12. The van der Waals surface area contributed by atoms with Gasteiger partial charge in [0, 0.05) is 0 Å². The monoisotopic (exact) mass is 296 g/mol. The number of aliphatic hydroxyl groups is 2. The van der Waals surface area contributed by atoms with Crippen molar-refractivity contribution >= 4 is 0 Å². The third-order valence-corrected chi connectivity index (χ3v) is 3.69. The van der Waals surface area contributed by atoms with E-state index in [-0.39, 0.29) is 5.75 Å². The summed E-state index contributed by atoms with van der Waals surface area (Å²) >= 11 is 0. The van der Waals surface area contributed by atoms with E-state index in [1.807, 2.05) is 6.07 Å². The van der Waals surface area contributed by atoms with Crippen molar-refractivity contribution in [1.82, 2.24) is 0 Å². The van der Waals surface area contributed by atoms with Crippen molar-refractivity contribution in [1.29, 1.82) is 0 Å². The summed E-state index contributed by atoms with van der Waals surface area (Å²) in [7, 11) is 1.51. The number of hydrogen-bond acceptors (Lipinski definition) is 4. The number of unbranched alkanes of at least 4 members (excludes halogenated alkanes) is 2. The van der Waals surface area contributed by atoms with Crippen molar-refractivity contribution in [3.05, 3.63) is 23.8 Å². The van der Waals surface area contributed by atoms with Gasteiger partial charge in [-0.1, -0.05) is 32.3 Å². The number of aliphatic hydroxyl groups excluding tert-OH is 2. The van der Waals surface area contributed by atoms with Crippen molar-refractivity contribution in [3.63, 3.8) is 0 Å². The molecule has 0 aliphatic carbocycles. The maximum atomic E-state index is 9.96. The molecule has 1 rings (SSSR count). The van der Waals surface area contributed by atoms with E-state index in [1.165, 1.54) is 7.11 Å². The Labute approximate surface area is 127 Å². The first-order valence-electron chi connectivity index (χ1n) is 7.78. The van der Waals surface area contributed by atoms with E-state index in [0.29, 0.717) is 25.0 Å². The van der Waals surface area contributed by atoms with E-state index in [4.69, 9.17) is 4.74 Å². The van der Waals surface area contributed by atoms with E-state index >= 15 is 0 Å². The molecule has 2 atom stereocenters. The standard InChI is InChI=1S/C17H28O4/c1-3-4-5-6-14(18)12-15(19)9-7-13-8-10-17(21-2)16(20)11-13/h8,10-11,14-15,18-20H,3-7,9,12H2,1-2H3. The van der Waals surface area contributed by atoms with Crippen LogP contribution in [0, 0.1) is 0 Å². The normalized spacial score (nSPS) is 13.9. The lowest BCUT2D eigenvalue weighted by atomic mass is 10.00. The van der Waals surface area contributed by atoms with E-state index < -0.39 is 12.2 Å². The SMILES string of the molecule is CCCCCC(O)CC(O)CCc1ccc(OC)c(O)c1. The van der Waals surface area contributed by atoms with Gasteiger partial charge in [0.25, 0.3) is 0 Å². The van der Waals surface area contributed by atoms with E-state index in [0.717, 1.165) is 31.2 Å². The molecule has 2 unspecified atom stereocenters. The molecule has 0 heterocycles. The van der Waals surface area contributed by atoms with Crippen LogP contribution in [-0.2, 0) is 6.42 Å². The summed E-state index contributed by atoms with van der Waals surface area (Å²) in [5, 5.41) is 29.5. The lowest BCUT2D eigenvalue weighted by molar-refractivity contribution is 0.0698. The number of benzene rings is 1. The molecule has 0 bridgehead atoms. The number of hydrogen-bond donors (Lipinski definition) is 3. The van der Waals surface area contributed by atoms with Gasteiger partial charge >= 0.3 is 0 Å². The average molecular weight is 296 g/mol. The molecule has 0 fully saturated rings. The van der Waals surface area contributed by atoms with Gasteiger partial charge in [0.2, 0.25) is 0 Å². The van der Waals surface area contributed by atoms with E-state index in [1.54, 1.807) is 12.1 Å². The molecule has 3 N–H and O–H groups in total. The number of aryl methyl sites for hydroxylation is 1. The Kier molecular flexibility index (Phi) is 8.16. The second kappa shape index (κ2) is 9.64. The van der Waals surface area contributed by atoms with Gasteiger partial charge in [0.05, 0.1) is 19.3 Å². The highest BCUT2D eigenvalue weighted by atomic mass is 16.5. The van der Waals surface area contributed by atoms with Crippen LogP contribution < -0.4 is 4.74 Å². The first-order valence-corrected chi connectivity index (χ1v) is 7.78. The molecule has 120 valence electrons. The van der Waals surface area contributed by atoms with Gasteiger partial charge in [-0.2, -0.15) is 0 Å². The second-order valence-electron chi connectivity index (χ2n) is 5.58. The molecule has 0 radical (unpaired) electrons. The number of rotatable bonds is 10. The first-order chi connectivity index (χ1) is 10.1. The van der Waals surface area contributed by atoms with Crippen LogP contribution in [0.25, 0.3) is 0 Å². The number of aromatic hydroxyl groups is 1. The Balaban J connectivity index is 2.32. The molecule has 21 heavy (non-hydrogen) atoms. The number of phenolic OH excluding ortho intramolecular Hbond substituents is 1. The summed E-state index contributed by atoms with van der Waals surface area (Å²) in [5.41, 5.74) is 0.952. The van der Waals surface area contributed by atoms with Crippen LogP contribution in [0.15, 0.2) is 18.2 Å². The van der Waals surface area contributed by atoms with Crippen LogP contribution in [-0.4, -0.2) is 34.6 Å². The van der Waals surface area contributed by atoms with Crippen LogP contribution in [0.3, 0.4) is 0 Å². The van der Waals surface area contributed by atoms with Gasteiger partial charge in [0.15, 0.2) is 11.5 Å². The fraction of sp³-hybridized carbons (Fsp3) is 0.647. The van der Waals surface area contributed by atoms with Crippen molar-refractivity contribution < 1.29 is 20.1 Å². The van der Waals surface area contributed by atoms with Gasteiger partial charge in [-0.25, -0.2) is 0 Å². The Morgan fingerprint density at radius 2 is 1.81 bits per heavy atom. The summed E-state index contributed by atoms with van der Waals surface area (Å²) in [6, 6.07) is 5.25. The molecule has 0 saturated carbocycles. The summed E-state index contributed by atoms with van der Waals surface area (Å²) in [4.78, 5) is 0. The molecular weight excluding hydrogens is 268 g/mol. The van der Waals surface area contributed by atoms with Gasteiger partial charge in [-0.05, 0) is 43.4 Å². The minimum Gasteiger partial charge on any atom is -0.504 e. The smallest absolute Gasteiger partial charge is 0.160 e. The Hall–Kier alpha value is -1.26. The number of phenols is 1. The molecule has 0 aliphatic rings. The van der Waals surface area contributed by atoms with Gasteiger partial charge < -0.3 is 20.1 Å². The lowest BCUT2D eigenvalue weighted by Crippen LogP contribution is -2.18. The minimum absolute atomic E-state index is 0.115. The fourth-order valence-electron chi connectivity index (χ4n) is 2.40.